The maximum atomic E-state index is 10.7. The van der Waals surface area contributed by atoms with Gasteiger partial charge in [0.05, 0.1) is 5.97 Å². The molecule has 0 spiro atoms. The maximum Gasteiger partial charge on any atom is 0.227 e. The monoisotopic (exact) mass is 229 g/mol. The molecular weight excluding hydrogens is 220 g/mol. The minimum absolute atomic E-state index is 0.0396. The van der Waals surface area contributed by atoms with Crippen LogP contribution in [0, 0.1) is 0 Å². The number of pyridine rings is 1. The van der Waals surface area contributed by atoms with Crippen LogP contribution >= 0.6 is 0 Å². The molecule has 1 aliphatic rings. The molecule has 1 aliphatic heterocycles. The smallest absolute Gasteiger partial charge is 0.227 e. The van der Waals surface area contributed by atoms with E-state index in [-0.39, 0.29) is 5.56 Å². The van der Waals surface area contributed by atoms with Gasteiger partial charge in [-0.05, 0) is 12.5 Å². The predicted molar refractivity (Wildman–Crippen MR) is 58.5 cm³/mol. The van der Waals surface area contributed by atoms with Crippen molar-refractivity contribution in [1.82, 2.24) is 15.0 Å². The molecule has 0 unspecified atom stereocenters. The van der Waals surface area contributed by atoms with Gasteiger partial charge in [-0.3, -0.25) is 0 Å². The molecule has 3 rings (SSSR count). The molecule has 86 valence electrons. The normalized spacial score (nSPS) is 14.7. The molecule has 2 aromatic heterocycles. The lowest BCUT2D eigenvalue weighted by atomic mass is 10.2. The number of hydrogen-bond donors (Lipinski definition) is 0. The summed E-state index contributed by atoms with van der Waals surface area (Å²) in [5.74, 6) is -0.594. The van der Waals surface area contributed by atoms with Crippen LogP contribution in [0.5, 0.6) is 0 Å². The van der Waals surface area contributed by atoms with E-state index in [4.69, 9.17) is 0 Å². The summed E-state index contributed by atoms with van der Waals surface area (Å²) in [6.45, 7) is 1.92. The van der Waals surface area contributed by atoms with E-state index < -0.39 is 5.97 Å². The molecule has 0 N–H and O–H groups in total. The first-order valence-corrected chi connectivity index (χ1v) is 5.33. The molecule has 0 aromatic carbocycles. The minimum Gasteiger partial charge on any atom is -0.545 e. The third-order valence-electron chi connectivity index (χ3n) is 2.79. The van der Waals surface area contributed by atoms with E-state index in [1.165, 1.54) is 12.3 Å². The summed E-state index contributed by atoms with van der Waals surface area (Å²) in [4.78, 5) is 25.2. The zero-order chi connectivity index (χ0) is 11.8. The fourth-order valence-electron chi connectivity index (χ4n) is 1.69. The number of nitrogens with zero attached hydrogens (tertiary/aromatic N) is 4. The first kappa shape index (κ1) is 9.95. The summed E-state index contributed by atoms with van der Waals surface area (Å²) in [5, 5.41) is 11.3. The van der Waals surface area contributed by atoms with Crippen LogP contribution in [0.15, 0.2) is 18.5 Å². The van der Waals surface area contributed by atoms with Gasteiger partial charge in [0, 0.05) is 36.4 Å². The Balaban J connectivity index is 2.05. The number of carbonyl (C=O) groups excluding carboxylic acids is 1. The van der Waals surface area contributed by atoms with Crippen LogP contribution < -0.4 is 10.0 Å². The summed E-state index contributed by atoms with van der Waals surface area (Å²) in [7, 11) is 0. The van der Waals surface area contributed by atoms with Gasteiger partial charge >= 0.3 is 0 Å². The van der Waals surface area contributed by atoms with E-state index in [1.807, 2.05) is 4.90 Å². The predicted octanol–water partition coefficient (Wildman–Crippen LogP) is -0.402. The lowest BCUT2D eigenvalue weighted by Crippen LogP contribution is -2.38. The highest BCUT2D eigenvalue weighted by atomic mass is 16.4. The third-order valence-corrected chi connectivity index (χ3v) is 2.79. The largest absolute Gasteiger partial charge is 0.545 e. The van der Waals surface area contributed by atoms with Gasteiger partial charge in [-0.1, -0.05) is 0 Å². The van der Waals surface area contributed by atoms with Crippen LogP contribution in [0.3, 0.4) is 0 Å². The average molecular weight is 229 g/mol. The number of rotatable bonds is 2. The van der Waals surface area contributed by atoms with Crippen molar-refractivity contribution in [2.75, 3.05) is 18.0 Å². The van der Waals surface area contributed by atoms with E-state index >= 15 is 0 Å². The maximum absolute atomic E-state index is 10.7. The molecule has 0 bridgehead atoms. The molecule has 6 heteroatoms. The number of aromatic nitrogens is 3. The van der Waals surface area contributed by atoms with E-state index in [9.17, 15) is 9.90 Å². The van der Waals surface area contributed by atoms with Crippen molar-refractivity contribution < 1.29 is 9.90 Å². The van der Waals surface area contributed by atoms with Crippen molar-refractivity contribution >= 4 is 23.0 Å². The van der Waals surface area contributed by atoms with Gasteiger partial charge in [-0.25, -0.2) is 9.97 Å². The fourth-order valence-corrected chi connectivity index (χ4v) is 1.69. The Morgan fingerprint density at radius 3 is 2.76 bits per heavy atom. The van der Waals surface area contributed by atoms with Crippen molar-refractivity contribution in [3.63, 3.8) is 0 Å². The van der Waals surface area contributed by atoms with Gasteiger partial charge in [-0.2, -0.15) is 4.98 Å². The van der Waals surface area contributed by atoms with E-state index in [0.717, 1.165) is 19.5 Å². The Labute approximate surface area is 96.9 Å². The van der Waals surface area contributed by atoms with Crippen molar-refractivity contribution in [2.45, 2.75) is 6.42 Å². The van der Waals surface area contributed by atoms with Gasteiger partial charge in [-0.15, -0.1) is 0 Å². The van der Waals surface area contributed by atoms with Crippen molar-refractivity contribution in [3.8, 4) is 0 Å². The lowest BCUT2D eigenvalue weighted by Gasteiger charge is -2.30. The van der Waals surface area contributed by atoms with Crippen LogP contribution in [0.4, 0.5) is 5.95 Å². The lowest BCUT2D eigenvalue weighted by molar-refractivity contribution is -0.255. The number of hydrogen-bond acceptors (Lipinski definition) is 6. The van der Waals surface area contributed by atoms with Gasteiger partial charge < -0.3 is 14.8 Å². The van der Waals surface area contributed by atoms with Gasteiger partial charge in [0.15, 0.2) is 5.65 Å². The molecule has 0 atom stereocenters. The van der Waals surface area contributed by atoms with Gasteiger partial charge in [0.25, 0.3) is 0 Å². The highest BCUT2D eigenvalue weighted by Gasteiger charge is 2.17. The Morgan fingerprint density at radius 2 is 2.12 bits per heavy atom. The molecular formula is C11H9N4O2-. The minimum atomic E-state index is -1.24. The van der Waals surface area contributed by atoms with Gasteiger partial charge in [0.2, 0.25) is 5.95 Å². The van der Waals surface area contributed by atoms with Crippen molar-refractivity contribution in [1.29, 1.82) is 0 Å². The van der Waals surface area contributed by atoms with Crippen molar-refractivity contribution in [3.05, 3.63) is 24.0 Å². The summed E-state index contributed by atoms with van der Waals surface area (Å²) in [6.07, 6.45) is 4.00. The van der Waals surface area contributed by atoms with E-state index in [1.54, 1.807) is 6.20 Å². The highest BCUT2D eigenvalue weighted by molar-refractivity contribution is 5.90. The van der Waals surface area contributed by atoms with Crippen molar-refractivity contribution in [2.24, 2.45) is 0 Å². The van der Waals surface area contributed by atoms with E-state index in [0.29, 0.717) is 17.0 Å². The molecule has 17 heavy (non-hydrogen) atoms. The number of carbonyl (C=O) groups is 1. The molecule has 2 aromatic rings. The molecule has 1 fully saturated rings. The number of carboxylic acid groups (broad SMARTS) is 1. The van der Waals surface area contributed by atoms with Crippen LogP contribution in [0.1, 0.15) is 16.8 Å². The highest BCUT2D eigenvalue weighted by Crippen LogP contribution is 2.18. The fraction of sp³-hybridized carbons (Fsp3) is 0.273. The van der Waals surface area contributed by atoms with Crippen LogP contribution in [0.25, 0.3) is 11.0 Å². The van der Waals surface area contributed by atoms with Crippen LogP contribution in [0.2, 0.25) is 0 Å². The summed E-state index contributed by atoms with van der Waals surface area (Å²) in [5.41, 5.74) is 0.546. The van der Waals surface area contributed by atoms with Gasteiger partial charge in [0.1, 0.15) is 0 Å². The summed E-state index contributed by atoms with van der Waals surface area (Å²) >= 11 is 0. The summed E-state index contributed by atoms with van der Waals surface area (Å²) < 4.78 is 0. The standard InChI is InChI=1S/C11H10N4O2/c16-10(17)8-4-7-5-13-11(15-2-1-3-15)14-9(7)12-6-8/h4-6H,1-3H2,(H,16,17)/p-1. The molecule has 1 saturated heterocycles. The molecule has 0 amide bonds. The Bertz CT molecular complexity index is 595. The number of anilines is 1. The topological polar surface area (TPSA) is 82.0 Å². The second kappa shape index (κ2) is 3.65. The third kappa shape index (κ3) is 1.67. The zero-order valence-corrected chi connectivity index (χ0v) is 8.96. The van der Waals surface area contributed by atoms with E-state index in [2.05, 4.69) is 15.0 Å². The molecule has 3 heterocycles. The Morgan fingerprint density at radius 1 is 1.29 bits per heavy atom. The quantitative estimate of drug-likeness (QED) is 0.696. The van der Waals surface area contributed by atoms with Crippen LogP contribution in [-0.4, -0.2) is 34.0 Å². The number of aromatic carboxylic acids is 1. The average Bonchev–Trinajstić information content (AvgIpc) is 2.26. The first-order chi connectivity index (χ1) is 8.24. The summed E-state index contributed by atoms with van der Waals surface area (Å²) in [6, 6.07) is 1.47. The second-order valence-electron chi connectivity index (χ2n) is 3.93. The Kier molecular flexibility index (Phi) is 2.14. The molecule has 0 saturated carbocycles. The second-order valence-corrected chi connectivity index (χ2v) is 3.93. The Hall–Kier alpha value is -2.24. The zero-order valence-electron chi connectivity index (χ0n) is 8.96. The number of fused-ring (bicyclic) bond motifs is 1. The molecule has 6 nitrogen and oxygen atoms in total. The van der Waals surface area contributed by atoms with Crippen LogP contribution in [-0.2, 0) is 0 Å². The molecule has 0 radical (unpaired) electrons. The SMILES string of the molecule is O=C([O-])c1cnc2nc(N3CCC3)ncc2c1. The number of carboxylic acids is 1. The molecule has 0 aliphatic carbocycles. The first-order valence-electron chi connectivity index (χ1n) is 5.33.